The molecule has 2 atom stereocenters. The first-order valence-corrected chi connectivity index (χ1v) is 7.95. The third kappa shape index (κ3) is 2.46. The highest BCUT2D eigenvalue weighted by Gasteiger charge is 2.38. The molecule has 0 bridgehead atoms. The Labute approximate surface area is 139 Å². The van der Waals surface area contributed by atoms with Gasteiger partial charge in [0, 0.05) is 37.4 Å². The molecule has 7 heteroatoms. The molecule has 2 aromatic heterocycles. The Balaban J connectivity index is 1.67. The summed E-state index contributed by atoms with van der Waals surface area (Å²) in [5.74, 6) is 1.35. The summed E-state index contributed by atoms with van der Waals surface area (Å²) in [5, 5.41) is 8.18. The summed E-state index contributed by atoms with van der Waals surface area (Å²) < 4.78 is 5.48. The number of nitrogens with one attached hydrogen (secondary N) is 2. The van der Waals surface area contributed by atoms with Gasteiger partial charge in [-0.3, -0.25) is 9.89 Å². The molecule has 0 aliphatic carbocycles. The van der Waals surface area contributed by atoms with Crippen molar-refractivity contribution in [3.8, 4) is 0 Å². The maximum Gasteiger partial charge on any atom is 0.254 e. The van der Waals surface area contributed by atoms with Crippen molar-refractivity contribution >= 4 is 16.8 Å². The number of carbonyl (C=O) groups excluding carboxylic acids is 1. The van der Waals surface area contributed by atoms with Crippen molar-refractivity contribution in [1.29, 1.82) is 0 Å². The standard InChI is InChI=1S/C17H19N5O2/c1-10-19-16(21-20-10)15-8-13(24-2)9-22(15)17(23)12-4-3-11-5-6-18-14(11)7-12/h3-7,13,15,18H,8-9H2,1-2H3,(H,19,20,21)/t13-,15-/m0/s1. The minimum Gasteiger partial charge on any atom is -0.380 e. The van der Waals surface area contributed by atoms with Crippen LogP contribution >= 0.6 is 0 Å². The van der Waals surface area contributed by atoms with Gasteiger partial charge in [-0.25, -0.2) is 4.98 Å². The van der Waals surface area contributed by atoms with Gasteiger partial charge in [-0.1, -0.05) is 6.07 Å². The smallest absolute Gasteiger partial charge is 0.254 e. The number of amides is 1. The minimum absolute atomic E-state index is 0.00743. The van der Waals surface area contributed by atoms with Gasteiger partial charge in [0.15, 0.2) is 5.82 Å². The van der Waals surface area contributed by atoms with E-state index in [1.165, 1.54) is 0 Å². The molecule has 124 valence electrons. The number of H-pyrrole nitrogens is 2. The molecule has 0 spiro atoms. The van der Waals surface area contributed by atoms with E-state index < -0.39 is 0 Å². The maximum atomic E-state index is 13.1. The van der Waals surface area contributed by atoms with Gasteiger partial charge in [-0.15, -0.1) is 0 Å². The average molecular weight is 325 g/mol. The Morgan fingerprint density at radius 1 is 1.38 bits per heavy atom. The van der Waals surface area contributed by atoms with E-state index in [1.807, 2.05) is 37.4 Å². The second kappa shape index (κ2) is 5.76. The lowest BCUT2D eigenvalue weighted by Crippen LogP contribution is -2.32. The van der Waals surface area contributed by atoms with Crippen LogP contribution in [0.3, 0.4) is 0 Å². The Morgan fingerprint density at radius 2 is 2.25 bits per heavy atom. The molecule has 3 aromatic rings. The van der Waals surface area contributed by atoms with Crippen molar-refractivity contribution in [2.45, 2.75) is 25.5 Å². The van der Waals surface area contributed by atoms with Crippen molar-refractivity contribution in [1.82, 2.24) is 25.1 Å². The number of methoxy groups -OCH3 is 1. The van der Waals surface area contributed by atoms with E-state index in [0.717, 1.165) is 16.7 Å². The fourth-order valence-corrected chi connectivity index (χ4v) is 3.29. The summed E-state index contributed by atoms with van der Waals surface area (Å²) in [6.07, 6.45) is 2.56. The van der Waals surface area contributed by atoms with Crippen LogP contribution in [0.5, 0.6) is 0 Å². The third-order valence-corrected chi connectivity index (χ3v) is 4.57. The first-order valence-electron chi connectivity index (χ1n) is 7.95. The zero-order valence-corrected chi connectivity index (χ0v) is 13.6. The lowest BCUT2D eigenvalue weighted by molar-refractivity contribution is 0.0684. The number of ether oxygens (including phenoxy) is 1. The van der Waals surface area contributed by atoms with Crippen LogP contribution in [0.4, 0.5) is 0 Å². The summed E-state index contributed by atoms with van der Waals surface area (Å²) >= 11 is 0. The Morgan fingerprint density at radius 3 is 3.00 bits per heavy atom. The summed E-state index contributed by atoms with van der Waals surface area (Å²) in [6, 6.07) is 7.51. The predicted octanol–water partition coefficient (Wildman–Crippen LogP) is 2.20. The van der Waals surface area contributed by atoms with Crippen molar-refractivity contribution in [2.75, 3.05) is 13.7 Å². The topological polar surface area (TPSA) is 86.9 Å². The number of hydrogen-bond donors (Lipinski definition) is 2. The van der Waals surface area contributed by atoms with E-state index in [-0.39, 0.29) is 18.1 Å². The first kappa shape index (κ1) is 14.9. The molecule has 1 aliphatic rings. The molecule has 3 heterocycles. The molecule has 1 aromatic carbocycles. The van der Waals surface area contributed by atoms with Gasteiger partial charge < -0.3 is 14.6 Å². The van der Waals surface area contributed by atoms with Gasteiger partial charge in [0.25, 0.3) is 5.91 Å². The number of nitrogens with zero attached hydrogens (tertiary/aromatic N) is 3. The fraction of sp³-hybridized carbons (Fsp3) is 0.353. The average Bonchev–Trinajstić information content (AvgIpc) is 3.31. The lowest BCUT2D eigenvalue weighted by atomic mass is 10.1. The number of fused-ring (bicyclic) bond motifs is 1. The monoisotopic (exact) mass is 325 g/mol. The van der Waals surface area contributed by atoms with Gasteiger partial charge in [-0.2, -0.15) is 5.10 Å². The van der Waals surface area contributed by atoms with Crippen LogP contribution in [0.2, 0.25) is 0 Å². The van der Waals surface area contributed by atoms with E-state index in [2.05, 4.69) is 20.2 Å². The van der Waals surface area contributed by atoms with E-state index in [1.54, 1.807) is 12.0 Å². The van der Waals surface area contributed by atoms with Crippen molar-refractivity contribution < 1.29 is 9.53 Å². The number of likely N-dealkylation sites (tertiary alicyclic amines) is 1. The van der Waals surface area contributed by atoms with Crippen LogP contribution in [0.1, 0.15) is 34.5 Å². The SMILES string of the molecule is CO[C@H]1C[C@@H](c2n[nH]c(C)n2)N(C(=O)c2ccc3cc[nH]c3c2)C1. The summed E-state index contributed by atoms with van der Waals surface area (Å²) in [6.45, 7) is 2.39. The zero-order valence-electron chi connectivity index (χ0n) is 13.6. The highest BCUT2D eigenvalue weighted by Crippen LogP contribution is 2.33. The van der Waals surface area contributed by atoms with Crippen molar-refractivity contribution in [3.05, 3.63) is 47.7 Å². The number of rotatable bonds is 3. The van der Waals surface area contributed by atoms with Crippen LogP contribution in [0, 0.1) is 6.92 Å². The molecule has 4 rings (SSSR count). The maximum absolute atomic E-state index is 13.1. The number of aryl methyl sites for hydroxylation is 1. The molecule has 2 N–H and O–H groups in total. The minimum atomic E-state index is -0.174. The van der Waals surface area contributed by atoms with Crippen LogP contribution in [0.15, 0.2) is 30.5 Å². The third-order valence-electron chi connectivity index (χ3n) is 4.57. The number of aromatic nitrogens is 4. The number of carbonyl (C=O) groups is 1. The second-order valence-corrected chi connectivity index (χ2v) is 6.13. The zero-order chi connectivity index (χ0) is 16.7. The van der Waals surface area contributed by atoms with Crippen molar-refractivity contribution in [3.63, 3.8) is 0 Å². The van der Waals surface area contributed by atoms with Gasteiger partial charge in [0.2, 0.25) is 0 Å². The molecule has 1 fully saturated rings. The van der Waals surface area contributed by atoms with E-state index >= 15 is 0 Å². The summed E-state index contributed by atoms with van der Waals surface area (Å²) in [5.41, 5.74) is 1.60. The van der Waals surface area contributed by atoms with Crippen LogP contribution in [0.25, 0.3) is 10.9 Å². The second-order valence-electron chi connectivity index (χ2n) is 6.13. The van der Waals surface area contributed by atoms with E-state index in [9.17, 15) is 4.79 Å². The molecule has 1 saturated heterocycles. The van der Waals surface area contributed by atoms with Gasteiger partial charge in [-0.05, 0) is 30.5 Å². The normalized spacial score (nSPS) is 20.8. The van der Waals surface area contributed by atoms with Crippen LogP contribution < -0.4 is 0 Å². The molecule has 7 nitrogen and oxygen atoms in total. The van der Waals surface area contributed by atoms with E-state index in [4.69, 9.17) is 4.74 Å². The largest absolute Gasteiger partial charge is 0.380 e. The quantitative estimate of drug-likeness (QED) is 0.773. The molecule has 0 unspecified atom stereocenters. The summed E-state index contributed by atoms with van der Waals surface area (Å²) in [4.78, 5) is 22.4. The van der Waals surface area contributed by atoms with E-state index in [0.29, 0.717) is 24.4 Å². The van der Waals surface area contributed by atoms with Crippen molar-refractivity contribution in [2.24, 2.45) is 0 Å². The predicted molar refractivity (Wildman–Crippen MR) is 88.6 cm³/mol. The molecule has 1 aliphatic heterocycles. The highest BCUT2D eigenvalue weighted by atomic mass is 16.5. The Kier molecular flexibility index (Phi) is 3.57. The van der Waals surface area contributed by atoms with Crippen LogP contribution in [-0.4, -0.2) is 50.7 Å². The number of benzene rings is 1. The van der Waals surface area contributed by atoms with Crippen LogP contribution in [-0.2, 0) is 4.74 Å². The fourth-order valence-electron chi connectivity index (χ4n) is 3.29. The lowest BCUT2D eigenvalue weighted by Gasteiger charge is -2.22. The Hall–Kier alpha value is -2.67. The molecular formula is C17H19N5O2. The molecule has 0 saturated carbocycles. The number of aromatic amines is 2. The van der Waals surface area contributed by atoms with Gasteiger partial charge in [0.05, 0.1) is 12.1 Å². The van der Waals surface area contributed by atoms with Gasteiger partial charge >= 0.3 is 0 Å². The first-order chi connectivity index (χ1) is 11.7. The molecular weight excluding hydrogens is 306 g/mol. The molecule has 0 radical (unpaired) electrons. The highest BCUT2D eigenvalue weighted by molar-refractivity contribution is 5.98. The van der Waals surface area contributed by atoms with Gasteiger partial charge in [0.1, 0.15) is 5.82 Å². The number of hydrogen-bond acceptors (Lipinski definition) is 4. The molecule has 1 amide bonds. The Bertz CT molecular complexity index is 884. The molecule has 24 heavy (non-hydrogen) atoms. The summed E-state index contributed by atoms with van der Waals surface area (Å²) in [7, 11) is 1.67.